The van der Waals surface area contributed by atoms with E-state index in [1.54, 1.807) is 22.2 Å². The normalized spacial score (nSPS) is 14.8. The minimum Gasteiger partial charge on any atom is -0.352 e. The van der Waals surface area contributed by atoms with Crippen molar-refractivity contribution in [1.29, 1.82) is 0 Å². The first-order valence-corrected chi connectivity index (χ1v) is 10.7. The Morgan fingerprint density at radius 3 is 2.47 bits per heavy atom. The van der Waals surface area contributed by atoms with Crippen molar-refractivity contribution in [2.24, 2.45) is 0 Å². The second kappa shape index (κ2) is 6.92. The van der Waals surface area contributed by atoms with E-state index in [0.29, 0.717) is 0 Å². The molecule has 6 rings (SSSR count). The van der Waals surface area contributed by atoms with Crippen LogP contribution in [0.1, 0.15) is 0 Å². The molecule has 4 aromatic heterocycles. The van der Waals surface area contributed by atoms with Crippen molar-refractivity contribution in [3.63, 3.8) is 0 Å². The Labute approximate surface area is 180 Å². The molecule has 0 aliphatic carbocycles. The number of imidazole rings is 1. The maximum absolute atomic E-state index is 5.98. The highest BCUT2D eigenvalue weighted by atomic mass is 35.5. The zero-order valence-corrected chi connectivity index (χ0v) is 17.3. The van der Waals surface area contributed by atoms with Gasteiger partial charge in [0.15, 0.2) is 5.65 Å². The van der Waals surface area contributed by atoms with Gasteiger partial charge in [-0.15, -0.1) is 20.4 Å². The smallest absolute Gasteiger partial charge is 0.214 e. The molecule has 0 bridgehead atoms. The summed E-state index contributed by atoms with van der Waals surface area (Å²) in [7, 11) is 0. The number of hydrogen-bond donors (Lipinski definition) is 0. The highest BCUT2D eigenvalue weighted by Crippen LogP contribution is 2.28. The molecule has 0 atom stereocenters. The molecule has 30 heavy (non-hydrogen) atoms. The Hall–Kier alpha value is -3.24. The number of nitrogens with zero attached hydrogens (tertiary/aromatic N) is 9. The fourth-order valence-electron chi connectivity index (χ4n) is 3.59. The van der Waals surface area contributed by atoms with Crippen LogP contribution in [-0.2, 0) is 0 Å². The Balaban J connectivity index is 1.18. The van der Waals surface area contributed by atoms with Crippen molar-refractivity contribution in [1.82, 2.24) is 34.4 Å². The van der Waals surface area contributed by atoms with Gasteiger partial charge in [0.25, 0.3) is 0 Å². The lowest BCUT2D eigenvalue weighted by Gasteiger charge is -2.34. The van der Waals surface area contributed by atoms with Crippen molar-refractivity contribution in [3.8, 4) is 11.3 Å². The van der Waals surface area contributed by atoms with Gasteiger partial charge in [0, 0.05) is 36.8 Å². The van der Waals surface area contributed by atoms with E-state index >= 15 is 0 Å². The summed E-state index contributed by atoms with van der Waals surface area (Å²) in [4.78, 5) is 10.2. The molecule has 0 N–H and O–H groups in total. The Morgan fingerprint density at radius 1 is 0.867 bits per heavy atom. The monoisotopic (exact) mass is 437 g/mol. The highest BCUT2D eigenvalue weighted by Gasteiger charge is 2.22. The molecule has 0 spiro atoms. The van der Waals surface area contributed by atoms with Crippen LogP contribution in [0.3, 0.4) is 0 Å². The SMILES string of the molecule is Clc1ccc(-c2cn3nc(N4CCN(c5ccc6nncn6n5)CC4)sc3n2)cc1. The van der Waals surface area contributed by atoms with Crippen LogP contribution < -0.4 is 9.80 Å². The van der Waals surface area contributed by atoms with Crippen molar-refractivity contribution in [2.45, 2.75) is 0 Å². The van der Waals surface area contributed by atoms with Crippen LogP contribution in [0.2, 0.25) is 5.02 Å². The number of benzene rings is 1. The predicted octanol–water partition coefficient (Wildman–Crippen LogP) is 2.88. The molecule has 1 aliphatic rings. The van der Waals surface area contributed by atoms with Gasteiger partial charge in [0.1, 0.15) is 12.1 Å². The van der Waals surface area contributed by atoms with E-state index < -0.39 is 0 Å². The minimum absolute atomic E-state index is 0.719. The average Bonchev–Trinajstić information content (AvgIpc) is 3.48. The van der Waals surface area contributed by atoms with Crippen molar-refractivity contribution >= 4 is 44.5 Å². The summed E-state index contributed by atoms with van der Waals surface area (Å²) in [6, 6.07) is 11.6. The van der Waals surface area contributed by atoms with Gasteiger partial charge in [-0.2, -0.15) is 4.52 Å². The molecule has 0 amide bonds. The number of halogens is 1. The van der Waals surface area contributed by atoms with Crippen LogP contribution in [0.15, 0.2) is 48.9 Å². The van der Waals surface area contributed by atoms with Crippen LogP contribution in [0.25, 0.3) is 21.9 Å². The molecular weight excluding hydrogens is 422 g/mol. The highest BCUT2D eigenvalue weighted by molar-refractivity contribution is 7.20. The third-order valence-corrected chi connectivity index (χ3v) is 6.43. The Bertz CT molecular complexity index is 1300. The molecule has 150 valence electrons. The van der Waals surface area contributed by atoms with Crippen molar-refractivity contribution < 1.29 is 0 Å². The summed E-state index contributed by atoms with van der Waals surface area (Å²) < 4.78 is 3.56. The molecule has 1 saturated heterocycles. The van der Waals surface area contributed by atoms with Gasteiger partial charge in [0.05, 0.1) is 11.9 Å². The van der Waals surface area contributed by atoms with Gasteiger partial charge in [-0.25, -0.2) is 9.50 Å². The number of rotatable bonds is 3. The summed E-state index contributed by atoms with van der Waals surface area (Å²) in [5.74, 6) is 0.934. The Morgan fingerprint density at radius 2 is 1.67 bits per heavy atom. The molecule has 9 nitrogen and oxygen atoms in total. The van der Waals surface area contributed by atoms with Crippen LogP contribution >= 0.6 is 22.9 Å². The number of fused-ring (bicyclic) bond motifs is 2. The largest absolute Gasteiger partial charge is 0.352 e. The zero-order valence-electron chi connectivity index (χ0n) is 15.8. The van der Waals surface area contributed by atoms with Crippen LogP contribution in [0.4, 0.5) is 10.9 Å². The summed E-state index contributed by atoms with van der Waals surface area (Å²) in [6.07, 6.45) is 3.59. The predicted molar refractivity (Wildman–Crippen MR) is 117 cm³/mol. The molecule has 1 aromatic carbocycles. The van der Waals surface area contributed by atoms with E-state index in [0.717, 1.165) is 64.0 Å². The van der Waals surface area contributed by atoms with Crippen molar-refractivity contribution in [2.75, 3.05) is 36.0 Å². The lowest BCUT2D eigenvalue weighted by atomic mass is 10.2. The number of hydrogen-bond acceptors (Lipinski definition) is 8. The number of anilines is 2. The first-order valence-electron chi connectivity index (χ1n) is 9.52. The second-order valence-electron chi connectivity index (χ2n) is 7.04. The molecule has 0 saturated carbocycles. The quantitative estimate of drug-likeness (QED) is 0.429. The van der Waals surface area contributed by atoms with E-state index in [1.165, 1.54) is 0 Å². The van der Waals surface area contributed by atoms with Crippen LogP contribution in [0.5, 0.6) is 0 Å². The summed E-state index contributed by atoms with van der Waals surface area (Å²) in [5, 5.41) is 18.9. The fraction of sp³-hybridized carbons (Fsp3) is 0.211. The molecule has 5 aromatic rings. The molecule has 0 radical (unpaired) electrons. The first kappa shape index (κ1) is 17.6. The van der Waals surface area contributed by atoms with Gasteiger partial charge in [-0.05, 0) is 24.3 Å². The fourth-order valence-corrected chi connectivity index (χ4v) is 4.65. The number of piperazine rings is 1. The maximum atomic E-state index is 5.98. The van der Waals surface area contributed by atoms with Gasteiger partial charge < -0.3 is 9.80 Å². The van der Waals surface area contributed by atoms with Crippen LogP contribution in [0, 0.1) is 0 Å². The third-order valence-electron chi connectivity index (χ3n) is 5.19. The second-order valence-corrected chi connectivity index (χ2v) is 8.42. The lowest BCUT2D eigenvalue weighted by molar-refractivity contribution is 0.637. The average molecular weight is 438 g/mol. The summed E-state index contributed by atoms with van der Waals surface area (Å²) >= 11 is 7.59. The van der Waals surface area contributed by atoms with Gasteiger partial charge in [-0.1, -0.05) is 35.1 Å². The maximum Gasteiger partial charge on any atom is 0.214 e. The van der Waals surface area contributed by atoms with Crippen LogP contribution in [-0.4, -0.2) is 60.6 Å². The van der Waals surface area contributed by atoms with Gasteiger partial charge in [0.2, 0.25) is 10.1 Å². The molecule has 5 heterocycles. The van der Waals surface area contributed by atoms with Gasteiger partial charge in [-0.3, -0.25) is 0 Å². The van der Waals surface area contributed by atoms with E-state index in [2.05, 4.69) is 25.1 Å². The summed E-state index contributed by atoms with van der Waals surface area (Å²) in [5.41, 5.74) is 2.68. The van der Waals surface area contributed by atoms with Crippen molar-refractivity contribution in [3.05, 3.63) is 53.9 Å². The topological polar surface area (TPSA) is 79.8 Å². The standard InChI is InChI=1S/C19H16ClN9S/c20-14-3-1-13(2-4-14)15-11-28-18(22-15)30-19(25-28)27-9-7-26(8-10-27)17-6-5-16-23-21-12-29(16)24-17/h1-6,11-12H,7-10H2. The summed E-state index contributed by atoms with van der Waals surface area (Å²) in [6.45, 7) is 3.50. The third kappa shape index (κ3) is 3.04. The molecule has 1 aliphatic heterocycles. The molecule has 1 fully saturated rings. The van der Waals surface area contributed by atoms with E-state index in [4.69, 9.17) is 21.7 Å². The Kier molecular flexibility index (Phi) is 4.06. The van der Waals surface area contributed by atoms with E-state index in [1.807, 2.05) is 47.1 Å². The first-order chi connectivity index (χ1) is 14.7. The number of aromatic nitrogens is 7. The zero-order chi connectivity index (χ0) is 20.1. The van der Waals surface area contributed by atoms with Gasteiger partial charge >= 0.3 is 0 Å². The minimum atomic E-state index is 0.719. The van der Waals surface area contributed by atoms with E-state index in [-0.39, 0.29) is 0 Å². The molecule has 0 unspecified atom stereocenters. The van der Waals surface area contributed by atoms with E-state index in [9.17, 15) is 0 Å². The molecule has 11 heteroatoms. The lowest BCUT2D eigenvalue weighted by Crippen LogP contribution is -2.47. The molecular formula is C19H16ClN9S.